The van der Waals surface area contributed by atoms with Gasteiger partial charge < -0.3 is 10.2 Å². The number of sulfonamides is 1. The van der Waals surface area contributed by atoms with Crippen LogP contribution in [-0.2, 0) is 39.0 Å². The summed E-state index contributed by atoms with van der Waals surface area (Å²) in [6.45, 7) is 4.69. The number of nitrogens with one attached hydrogen (secondary N) is 1. The third-order valence-electron chi connectivity index (χ3n) is 6.87. The molecule has 0 aromatic heterocycles. The SMILES string of the molecule is CCCNC(=O)[C@H](Cc1ccccc1)N(Cc1ccc(F)cc1)C(=O)CCCN(c1ccc(CC)cc1)S(C)(=O)=O. The van der Waals surface area contributed by atoms with Gasteiger partial charge in [0.25, 0.3) is 0 Å². The summed E-state index contributed by atoms with van der Waals surface area (Å²) in [5, 5.41) is 2.93. The summed E-state index contributed by atoms with van der Waals surface area (Å²) in [6, 6.07) is 21.9. The van der Waals surface area contributed by atoms with Crippen molar-refractivity contribution in [2.24, 2.45) is 0 Å². The molecule has 0 saturated heterocycles. The predicted molar refractivity (Wildman–Crippen MR) is 161 cm³/mol. The topological polar surface area (TPSA) is 86.8 Å². The van der Waals surface area contributed by atoms with E-state index in [1.807, 2.05) is 56.3 Å². The number of hydrogen-bond acceptors (Lipinski definition) is 4. The molecule has 41 heavy (non-hydrogen) atoms. The average Bonchev–Trinajstić information content (AvgIpc) is 2.96. The maximum Gasteiger partial charge on any atom is 0.243 e. The quantitative estimate of drug-likeness (QED) is 0.271. The molecule has 0 aliphatic heterocycles. The Morgan fingerprint density at radius 1 is 0.878 bits per heavy atom. The average molecular weight is 582 g/mol. The molecule has 0 saturated carbocycles. The highest BCUT2D eigenvalue weighted by Gasteiger charge is 2.30. The molecular formula is C32H40FN3O4S. The smallest absolute Gasteiger partial charge is 0.243 e. The van der Waals surface area contributed by atoms with Crippen LogP contribution >= 0.6 is 0 Å². The lowest BCUT2D eigenvalue weighted by Crippen LogP contribution is -2.50. The summed E-state index contributed by atoms with van der Waals surface area (Å²) in [6.07, 6.45) is 3.34. The first kappa shape index (κ1) is 31.8. The highest BCUT2D eigenvalue weighted by Crippen LogP contribution is 2.21. The fraction of sp³-hybridized carbons (Fsp3) is 0.375. The first-order chi connectivity index (χ1) is 19.6. The minimum atomic E-state index is -3.58. The van der Waals surface area contributed by atoms with Gasteiger partial charge in [0.2, 0.25) is 21.8 Å². The maximum absolute atomic E-state index is 13.8. The van der Waals surface area contributed by atoms with E-state index in [4.69, 9.17) is 0 Å². The lowest BCUT2D eigenvalue weighted by Gasteiger charge is -2.32. The van der Waals surface area contributed by atoms with Crippen LogP contribution in [0.2, 0.25) is 0 Å². The Morgan fingerprint density at radius 2 is 1.51 bits per heavy atom. The van der Waals surface area contributed by atoms with Crippen LogP contribution in [-0.4, -0.2) is 50.5 Å². The van der Waals surface area contributed by atoms with Crippen LogP contribution in [0.25, 0.3) is 0 Å². The molecule has 0 fully saturated rings. The van der Waals surface area contributed by atoms with Gasteiger partial charge >= 0.3 is 0 Å². The number of carbonyl (C=O) groups excluding carboxylic acids is 2. The highest BCUT2D eigenvalue weighted by atomic mass is 32.2. The Hall–Kier alpha value is -3.72. The standard InChI is InChI=1S/C32H40FN3O4S/c1-4-21-34-32(38)30(23-26-10-7-6-8-11-26)35(24-27-13-17-28(33)18-14-27)31(37)12-9-22-36(41(3,39)40)29-19-15-25(5-2)16-20-29/h6-8,10-11,13-20,30H,4-5,9,12,21-24H2,1-3H3,(H,34,38)/t30-/m0/s1. The molecule has 0 heterocycles. The molecule has 3 rings (SSSR count). The number of aryl methyl sites for hydroxylation is 1. The third kappa shape index (κ3) is 9.70. The number of rotatable bonds is 15. The van der Waals surface area contributed by atoms with Crippen molar-refractivity contribution in [1.82, 2.24) is 10.2 Å². The van der Waals surface area contributed by atoms with Crippen LogP contribution in [0, 0.1) is 5.82 Å². The van der Waals surface area contributed by atoms with E-state index >= 15 is 0 Å². The Morgan fingerprint density at radius 3 is 2.10 bits per heavy atom. The number of halogens is 1. The first-order valence-electron chi connectivity index (χ1n) is 14.0. The number of benzene rings is 3. The summed E-state index contributed by atoms with van der Waals surface area (Å²) in [4.78, 5) is 28.7. The summed E-state index contributed by atoms with van der Waals surface area (Å²) in [5.74, 6) is -0.933. The van der Waals surface area contributed by atoms with Crippen molar-refractivity contribution < 1.29 is 22.4 Å². The van der Waals surface area contributed by atoms with Crippen molar-refractivity contribution in [3.63, 3.8) is 0 Å². The Bertz CT molecular complexity index is 1360. The molecule has 2 amide bonds. The zero-order valence-corrected chi connectivity index (χ0v) is 24.9. The molecule has 1 atom stereocenters. The molecule has 1 N–H and O–H groups in total. The summed E-state index contributed by atoms with van der Waals surface area (Å²) >= 11 is 0. The monoisotopic (exact) mass is 581 g/mol. The fourth-order valence-corrected chi connectivity index (χ4v) is 5.57. The van der Waals surface area contributed by atoms with Gasteiger partial charge in [-0.3, -0.25) is 13.9 Å². The summed E-state index contributed by atoms with van der Waals surface area (Å²) in [7, 11) is -3.58. The molecule has 3 aromatic rings. The van der Waals surface area contributed by atoms with E-state index in [1.54, 1.807) is 24.3 Å². The first-order valence-corrected chi connectivity index (χ1v) is 15.9. The molecule has 0 bridgehead atoms. The van der Waals surface area contributed by atoms with Gasteiger partial charge in [-0.15, -0.1) is 0 Å². The van der Waals surface area contributed by atoms with E-state index in [9.17, 15) is 22.4 Å². The number of carbonyl (C=O) groups is 2. The van der Waals surface area contributed by atoms with Gasteiger partial charge in [0.15, 0.2) is 0 Å². The molecule has 0 unspecified atom stereocenters. The van der Waals surface area contributed by atoms with Gasteiger partial charge in [-0.1, -0.05) is 68.4 Å². The largest absolute Gasteiger partial charge is 0.354 e. The van der Waals surface area contributed by atoms with Crippen molar-refractivity contribution in [3.05, 3.63) is 101 Å². The van der Waals surface area contributed by atoms with Crippen molar-refractivity contribution in [3.8, 4) is 0 Å². The molecule has 0 aliphatic rings. The van der Waals surface area contributed by atoms with Gasteiger partial charge in [-0.2, -0.15) is 0 Å². The van der Waals surface area contributed by atoms with E-state index < -0.39 is 16.1 Å². The third-order valence-corrected chi connectivity index (χ3v) is 8.07. The van der Waals surface area contributed by atoms with Crippen molar-refractivity contribution >= 4 is 27.5 Å². The second-order valence-corrected chi connectivity index (χ2v) is 12.0. The molecular weight excluding hydrogens is 541 g/mol. The number of nitrogens with zero attached hydrogens (tertiary/aromatic N) is 2. The molecule has 0 aliphatic carbocycles. The second-order valence-electron chi connectivity index (χ2n) is 10.1. The number of amides is 2. The van der Waals surface area contributed by atoms with Crippen LogP contribution in [0.15, 0.2) is 78.9 Å². The van der Waals surface area contributed by atoms with Gasteiger partial charge in [-0.05, 0) is 60.2 Å². The van der Waals surface area contributed by atoms with Crippen molar-refractivity contribution in [2.45, 2.75) is 58.5 Å². The molecule has 7 nitrogen and oxygen atoms in total. The van der Waals surface area contributed by atoms with Crippen LogP contribution in [0.1, 0.15) is 49.8 Å². The Balaban J connectivity index is 1.85. The molecule has 0 radical (unpaired) electrons. The number of anilines is 1. The lowest BCUT2D eigenvalue weighted by molar-refractivity contribution is -0.141. The molecule has 9 heteroatoms. The zero-order valence-electron chi connectivity index (χ0n) is 24.1. The Kier molecular flexibility index (Phi) is 11.9. The predicted octanol–water partition coefficient (Wildman–Crippen LogP) is 5.10. The van der Waals surface area contributed by atoms with E-state index in [0.29, 0.717) is 24.2 Å². The minimum Gasteiger partial charge on any atom is -0.354 e. The van der Waals surface area contributed by atoms with E-state index in [0.717, 1.165) is 30.2 Å². The van der Waals surface area contributed by atoms with Crippen LogP contribution < -0.4 is 9.62 Å². The zero-order chi connectivity index (χ0) is 29.8. The van der Waals surface area contributed by atoms with Gasteiger partial charge in [-0.25, -0.2) is 12.8 Å². The van der Waals surface area contributed by atoms with Crippen LogP contribution in [0.3, 0.4) is 0 Å². The lowest BCUT2D eigenvalue weighted by atomic mass is 10.0. The molecule has 220 valence electrons. The summed E-state index contributed by atoms with van der Waals surface area (Å²) < 4.78 is 40.1. The Labute approximate surface area is 243 Å². The van der Waals surface area contributed by atoms with Crippen LogP contribution in [0.5, 0.6) is 0 Å². The molecule has 3 aromatic carbocycles. The van der Waals surface area contributed by atoms with Crippen LogP contribution in [0.4, 0.5) is 10.1 Å². The highest BCUT2D eigenvalue weighted by molar-refractivity contribution is 7.92. The number of hydrogen-bond donors (Lipinski definition) is 1. The van der Waals surface area contributed by atoms with E-state index in [-0.39, 0.29) is 43.6 Å². The minimum absolute atomic E-state index is 0.0343. The summed E-state index contributed by atoms with van der Waals surface area (Å²) in [5.41, 5.74) is 3.23. The normalized spacial score (nSPS) is 12.0. The van der Waals surface area contributed by atoms with E-state index in [2.05, 4.69) is 5.32 Å². The van der Waals surface area contributed by atoms with Crippen molar-refractivity contribution in [2.75, 3.05) is 23.7 Å². The maximum atomic E-state index is 13.8. The molecule has 0 spiro atoms. The second kappa shape index (κ2) is 15.3. The van der Waals surface area contributed by atoms with Gasteiger partial charge in [0.05, 0.1) is 11.9 Å². The fourth-order valence-electron chi connectivity index (χ4n) is 4.61. The van der Waals surface area contributed by atoms with Crippen molar-refractivity contribution in [1.29, 1.82) is 0 Å². The van der Waals surface area contributed by atoms with Gasteiger partial charge in [0.1, 0.15) is 11.9 Å². The van der Waals surface area contributed by atoms with Gasteiger partial charge in [0, 0.05) is 32.5 Å². The van der Waals surface area contributed by atoms with E-state index in [1.165, 1.54) is 21.3 Å².